The van der Waals surface area contributed by atoms with Crippen LogP contribution in [0.3, 0.4) is 0 Å². The average molecular weight is 220 g/mol. The number of hydrogen-bond donors (Lipinski definition) is 1. The topological polar surface area (TPSA) is 63.4 Å². The van der Waals surface area contributed by atoms with E-state index in [1.807, 2.05) is 0 Å². The van der Waals surface area contributed by atoms with Gasteiger partial charge in [0.1, 0.15) is 0 Å². The summed E-state index contributed by atoms with van der Waals surface area (Å²) in [6, 6.07) is 2.42. The van der Waals surface area contributed by atoms with Crippen molar-refractivity contribution >= 4 is 29.1 Å². The zero-order valence-electron chi connectivity index (χ0n) is 6.65. The molecule has 0 heterocycles. The monoisotopic (exact) mass is 219 g/mol. The molecular weight excluding hydrogens is 214 g/mol. The van der Waals surface area contributed by atoms with E-state index in [0.717, 1.165) is 6.07 Å². The maximum Gasteiger partial charge on any atom is 0.312 e. The second-order valence-corrected chi connectivity index (χ2v) is 3.49. The molecule has 0 amide bonds. The van der Waals surface area contributed by atoms with E-state index in [0.29, 0.717) is 4.90 Å². The van der Waals surface area contributed by atoms with E-state index in [9.17, 15) is 15.2 Å². The second-order valence-electron chi connectivity index (χ2n) is 2.23. The molecule has 0 aliphatic heterocycles. The van der Waals surface area contributed by atoms with E-state index in [-0.39, 0.29) is 16.5 Å². The molecule has 13 heavy (non-hydrogen) atoms. The van der Waals surface area contributed by atoms with Crippen LogP contribution in [0.1, 0.15) is 0 Å². The van der Waals surface area contributed by atoms with Gasteiger partial charge in [-0.3, -0.25) is 10.1 Å². The van der Waals surface area contributed by atoms with Crippen molar-refractivity contribution in [3.63, 3.8) is 0 Å². The van der Waals surface area contributed by atoms with Gasteiger partial charge in [0.15, 0.2) is 5.75 Å². The quantitative estimate of drug-likeness (QED) is 0.472. The van der Waals surface area contributed by atoms with Gasteiger partial charge in [-0.15, -0.1) is 11.8 Å². The van der Waals surface area contributed by atoms with Crippen molar-refractivity contribution in [2.24, 2.45) is 0 Å². The molecule has 0 saturated carbocycles. The molecule has 0 aromatic heterocycles. The molecule has 1 aromatic carbocycles. The van der Waals surface area contributed by atoms with Crippen LogP contribution in [0, 0.1) is 10.1 Å². The van der Waals surface area contributed by atoms with Crippen molar-refractivity contribution in [2.45, 2.75) is 4.90 Å². The summed E-state index contributed by atoms with van der Waals surface area (Å²) >= 11 is 7.02. The largest absolute Gasteiger partial charge is 0.502 e. The molecule has 4 nitrogen and oxygen atoms in total. The first kappa shape index (κ1) is 10.1. The first-order valence-electron chi connectivity index (χ1n) is 3.27. The molecule has 1 aromatic rings. The normalized spacial score (nSPS) is 10.0. The van der Waals surface area contributed by atoms with Crippen LogP contribution in [-0.2, 0) is 0 Å². The Morgan fingerprint density at radius 2 is 2.23 bits per heavy atom. The maximum atomic E-state index is 10.4. The van der Waals surface area contributed by atoms with Gasteiger partial charge >= 0.3 is 5.69 Å². The highest BCUT2D eigenvalue weighted by atomic mass is 35.5. The van der Waals surface area contributed by atoms with Gasteiger partial charge < -0.3 is 5.11 Å². The third-order valence-corrected chi connectivity index (χ3v) is 2.65. The summed E-state index contributed by atoms with van der Waals surface area (Å²) in [5.41, 5.74) is -0.372. The summed E-state index contributed by atoms with van der Waals surface area (Å²) in [4.78, 5) is 10.3. The molecule has 0 aliphatic rings. The molecule has 0 saturated heterocycles. The SMILES string of the molecule is CSc1cc(O)c([N+](=O)[O-])cc1Cl. The minimum atomic E-state index is -0.675. The summed E-state index contributed by atoms with van der Waals surface area (Å²) in [7, 11) is 0. The fourth-order valence-corrected chi connectivity index (χ4v) is 1.71. The summed E-state index contributed by atoms with van der Waals surface area (Å²) in [5, 5.41) is 19.8. The van der Waals surface area contributed by atoms with Crippen LogP contribution in [0.15, 0.2) is 17.0 Å². The summed E-state index contributed by atoms with van der Waals surface area (Å²) in [5.74, 6) is -0.362. The van der Waals surface area contributed by atoms with Crippen LogP contribution in [0.5, 0.6) is 5.75 Å². The predicted octanol–water partition coefficient (Wildman–Crippen LogP) is 2.68. The lowest BCUT2D eigenvalue weighted by Crippen LogP contribution is -1.89. The Labute approximate surface area is 83.7 Å². The molecule has 0 fully saturated rings. The number of nitro groups is 1. The average Bonchev–Trinajstić information content (AvgIpc) is 2.07. The van der Waals surface area contributed by atoms with Crippen LogP contribution in [-0.4, -0.2) is 16.3 Å². The molecule has 0 atom stereocenters. The summed E-state index contributed by atoms with van der Waals surface area (Å²) < 4.78 is 0. The maximum absolute atomic E-state index is 10.4. The lowest BCUT2D eigenvalue weighted by molar-refractivity contribution is -0.385. The minimum Gasteiger partial charge on any atom is -0.502 e. The number of rotatable bonds is 2. The Morgan fingerprint density at radius 3 is 2.69 bits per heavy atom. The number of halogens is 1. The second kappa shape index (κ2) is 3.85. The molecule has 6 heteroatoms. The Bertz CT molecular complexity index is 356. The third kappa shape index (κ3) is 2.05. The Kier molecular flexibility index (Phi) is 3.00. The number of phenols is 1. The number of nitro benzene ring substituents is 1. The Morgan fingerprint density at radius 1 is 1.62 bits per heavy atom. The number of benzene rings is 1. The standard InChI is InChI=1S/C7H6ClNO3S/c1-13-7-3-6(10)5(9(11)12)2-4(7)8/h2-3,10H,1H3. The van der Waals surface area contributed by atoms with Crippen LogP contribution < -0.4 is 0 Å². The van der Waals surface area contributed by atoms with Crippen LogP contribution in [0.2, 0.25) is 5.02 Å². The zero-order valence-corrected chi connectivity index (χ0v) is 8.22. The fraction of sp³-hybridized carbons (Fsp3) is 0.143. The highest BCUT2D eigenvalue weighted by Gasteiger charge is 2.16. The van der Waals surface area contributed by atoms with Gasteiger partial charge in [0.2, 0.25) is 0 Å². The third-order valence-electron chi connectivity index (χ3n) is 1.45. The highest BCUT2D eigenvalue weighted by Crippen LogP contribution is 2.35. The molecule has 0 spiro atoms. The van der Waals surface area contributed by atoms with E-state index in [1.54, 1.807) is 6.26 Å². The zero-order chi connectivity index (χ0) is 10.0. The Hall–Kier alpha value is -0.940. The highest BCUT2D eigenvalue weighted by molar-refractivity contribution is 7.98. The van der Waals surface area contributed by atoms with E-state index >= 15 is 0 Å². The molecule has 0 unspecified atom stereocenters. The van der Waals surface area contributed by atoms with Gasteiger partial charge in [0.25, 0.3) is 0 Å². The molecule has 0 aliphatic carbocycles. The van der Waals surface area contributed by atoms with Gasteiger partial charge in [0.05, 0.1) is 9.95 Å². The van der Waals surface area contributed by atoms with Gasteiger partial charge in [-0.1, -0.05) is 11.6 Å². The molecule has 70 valence electrons. The van der Waals surface area contributed by atoms with Crippen molar-refractivity contribution in [2.75, 3.05) is 6.26 Å². The van der Waals surface area contributed by atoms with Gasteiger partial charge in [-0.05, 0) is 6.26 Å². The van der Waals surface area contributed by atoms with Crippen molar-refractivity contribution in [1.82, 2.24) is 0 Å². The first-order valence-corrected chi connectivity index (χ1v) is 4.87. The van der Waals surface area contributed by atoms with Crippen molar-refractivity contribution in [3.05, 3.63) is 27.3 Å². The lowest BCUT2D eigenvalue weighted by atomic mass is 10.3. The van der Waals surface area contributed by atoms with E-state index in [1.165, 1.54) is 17.8 Å². The van der Waals surface area contributed by atoms with Crippen molar-refractivity contribution < 1.29 is 10.0 Å². The number of thioether (sulfide) groups is 1. The first-order chi connectivity index (χ1) is 6.06. The van der Waals surface area contributed by atoms with Crippen LogP contribution in [0.4, 0.5) is 5.69 Å². The van der Waals surface area contributed by atoms with E-state index in [2.05, 4.69) is 0 Å². The van der Waals surface area contributed by atoms with Crippen molar-refractivity contribution in [1.29, 1.82) is 0 Å². The van der Waals surface area contributed by atoms with Crippen LogP contribution >= 0.6 is 23.4 Å². The fourth-order valence-electron chi connectivity index (χ4n) is 0.835. The van der Waals surface area contributed by atoms with Gasteiger partial charge in [-0.25, -0.2) is 0 Å². The molecule has 0 radical (unpaired) electrons. The summed E-state index contributed by atoms with van der Waals surface area (Å²) in [6.07, 6.45) is 1.77. The van der Waals surface area contributed by atoms with Crippen LogP contribution in [0.25, 0.3) is 0 Å². The molecule has 1 rings (SSSR count). The van der Waals surface area contributed by atoms with Gasteiger partial charge in [0, 0.05) is 17.0 Å². The van der Waals surface area contributed by atoms with Gasteiger partial charge in [-0.2, -0.15) is 0 Å². The number of phenolic OH excluding ortho intramolecular Hbond substituents is 1. The molecule has 0 bridgehead atoms. The number of nitrogens with zero attached hydrogens (tertiary/aromatic N) is 1. The summed E-state index contributed by atoms with van der Waals surface area (Å²) in [6.45, 7) is 0. The Balaban J connectivity index is 3.28. The lowest BCUT2D eigenvalue weighted by Gasteiger charge is -2.01. The minimum absolute atomic E-state index is 0.275. The van der Waals surface area contributed by atoms with E-state index in [4.69, 9.17) is 11.6 Å². The predicted molar refractivity (Wildman–Crippen MR) is 51.6 cm³/mol. The van der Waals surface area contributed by atoms with E-state index < -0.39 is 4.92 Å². The number of aromatic hydroxyl groups is 1. The number of hydrogen-bond acceptors (Lipinski definition) is 4. The molecular formula is C7H6ClNO3S. The smallest absolute Gasteiger partial charge is 0.312 e. The van der Waals surface area contributed by atoms with Crippen molar-refractivity contribution in [3.8, 4) is 5.75 Å². The molecule has 1 N–H and O–H groups in total.